The number of hydrogen-bond acceptors (Lipinski definition) is 1. The Morgan fingerprint density at radius 2 is 2.00 bits per heavy atom. The molecule has 14 heavy (non-hydrogen) atoms. The van der Waals surface area contributed by atoms with Gasteiger partial charge in [-0.05, 0) is 24.5 Å². The lowest BCUT2D eigenvalue weighted by Gasteiger charge is -2.35. The van der Waals surface area contributed by atoms with E-state index in [1.807, 2.05) is 12.1 Å². The van der Waals surface area contributed by atoms with E-state index in [-0.39, 0.29) is 5.91 Å². The molecule has 1 amide bonds. The van der Waals surface area contributed by atoms with Gasteiger partial charge in [0.25, 0.3) is 5.91 Å². The standard InChI is InChI=1S/C11H10FNO/c12-13-9-5-2-1-4-8(9)11(10(13)14)6-3-7-11/h1-2,4-5H,3,6-7H2. The molecule has 72 valence electrons. The molecule has 0 N–H and O–H groups in total. The summed E-state index contributed by atoms with van der Waals surface area (Å²) >= 11 is 0. The van der Waals surface area contributed by atoms with E-state index < -0.39 is 5.41 Å². The number of amides is 1. The first-order valence-electron chi connectivity index (χ1n) is 4.85. The Hall–Kier alpha value is -1.38. The molecule has 0 radical (unpaired) electrons. The van der Waals surface area contributed by atoms with Crippen molar-refractivity contribution in [3.8, 4) is 0 Å². The lowest BCUT2D eigenvalue weighted by Crippen LogP contribution is -2.42. The average Bonchev–Trinajstić information content (AvgIpc) is 2.37. The average molecular weight is 191 g/mol. The van der Waals surface area contributed by atoms with Gasteiger partial charge in [-0.3, -0.25) is 4.79 Å². The maximum atomic E-state index is 13.5. The summed E-state index contributed by atoms with van der Waals surface area (Å²) in [4.78, 5) is 11.7. The highest BCUT2D eigenvalue weighted by Gasteiger charge is 2.54. The van der Waals surface area contributed by atoms with E-state index in [0.29, 0.717) is 10.8 Å². The van der Waals surface area contributed by atoms with Gasteiger partial charge < -0.3 is 0 Å². The molecule has 2 nitrogen and oxygen atoms in total. The van der Waals surface area contributed by atoms with Crippen molar-refractivity contribution < 1.29 is 9.28 Å². The Labute approximate surface area is 81.3 Å². The molecule has 2 aliphatic rings. The number of hydrogen-bond donors (Lipinski definition) is 0. The topological polar surface area (TPSA) is 20.3 Å². The molecule has 0 bridgehead atoms. The van der Waals surface area contributed by atoms with Crippen LogP contribution < -0.4 is 5.12 Å². The van der Waals surface area contributed by atoms with Gasteiger partial charge in [-0.2, -0.15) is 0 Å². The Morgan fingerprint density at radius 3 is 2.64 bits per heavy atom. The first-order chi connectivity index (χ1) is 6.76. The maximum Gasteiger partial charge on any atom is 0.265 e. The van der Waals surface area contributed by atoms with Crippen molar-refractivity contribution in [2.75, 3.05) is 5.12 Å². The number of nitrogens with zero attached hydrogens (tertiary/aromatic N) is 1. The molecule has 1 aromatic carbocycles. The summed E-state index contributed by atoms with van der Waals surface area (Å²) < 4.78 is 13.5. The third-order valence-corrected chi connectivity index (χ3v) is 3.43. The van der Waals surface area contributed by atoms with Gasteiger partial charge in [-0.15, -0.1) is 5.12 Å². The van der Waals surface area contributed by atoms with Crippen molar-refractivity contribution in [2.24, 2.45) is 0 Å². The highest BCUT2D eigenvalue weighted by molar-refractivity contribution is 6.07. The van der Waals surface area contributed by atoms with E-state index >= 15 is 0 Å². The molecule has 1 aliphatic carbocycles. The molecule has 3 heteroatoms. The summed E-state index contributed by atoms with van der Waals surface area (Å²) in [6.45, 7) is 0. The Bertz CT molecular complexity index is 412. The summed E-state index contributed by atoms with van der Waals surface area (Å²) in [7, 11) is 0. The molecule has 0 saturated heterocycles. The van der Waals surface area contributed by atoms with Crippen LogP contribution in [0.5, 0.6) is 0 Å². The molecule has 1 saturated carbocycles. The largest absolute Gasteiger partial charge is 0.271 e. The van der Waals surface area contributed by atoms with E-state index in [4.69, 9.17) is 0 Å². The van der Waals surface area contributed by atoms with Gasteiger partial charge in [0.1, 0.15) is 0 Å². The van der Waals surface area contributed by atoms with Crippen LogP contribution in [-0.4, -0.2) is 5.91 Å². The molecule has 1 aliphatic heterocycles. The quantitative estimate of drug-likeness (QED) is 0.576. The van der Waals surface area contributed by atoms with Crippen LogP contribution in [0.2, 0.25) is 0 Å². The number of fused-ring (bicyclic) bond motifs is 2. The lowest BCUT2D eigenvalue weighted by atomic mass is 9.65. The van der Waals surface area contributed by atoms with Crippen LogP contribution in [0.25, 0.3) is 0 Å². The van der Waals surface area contributed by atoms with Crippen LogP contribution in [-0.2, 0) is 10.2 Å². The minimum absolute atomic E-state index is 0.314. The van der Waals surface area contributed by atoms with Gasteiger partial charge in [-0.1, -0.05) is 29.1 Å². The van der Waals surface area contributed by atoms with Crippen molar-refractivity contribution in [3.05, 3.63) is 29.8 Å². The normalized spacial score (nSPS) is 22.4. The molecule has 1 aromatic rings. The smallest absolute Gasteiger partial charge is 0.265 e. The second kappa shape index (κ2) is 2.35. The van der Waals surface area contributed by atoms with E-state index in [9.17, 15) is 9.28 Å². The summed E-state index contributed by atoms with van der Waals surface area (Å²) in [5, 5.41) is 0.314. The highest BCUT2D eigenvalue weighted by atomic mass is 19.2. The second-order valence-corrected chi connectivity index (χ2v) is 4.04. The fraction of sp³-hybridized carbons (Fsp3) is 0.364. The number of carbonyl (C=O) groups is 1. The van der Waals surface area contributed by atoms with Gasteiger partial charge in [0.05, 0.1) is 11.1 Å². The van der Waals surface area contributed by atoms with Gasteiger partial charge in [0.15, 0.2) is 0 Å². The molecule has 1 spiro atoms. The third-order valence-electron chi connectivity index (χ3n) is 3.43. The van der Waals surface area contributed by atoms with Crippen molar-refractivity contribution >= 4 is 11.6 Å². The zero-order valence-electron chi connectivity index (χ0n) is 7.66. The van der Waals surface area contributed by atoms with Gasteiger partial charge in [0, 0.05) is 0 Å². The van der Waals surface area contributed by atoms with Crippen molar-refractivity contribution in [1.82, 2.24) is 0 Å². The molecule has 0 atom stereocenters. The minimum Gasteiger partial charge on any atom is -0.271 e. The van der Waals surface area contributed by atoms with E-state index in [0.717, 1.165) is 24.8 Å². The first kappa shape index (κ1) is 7.97. The molecule has 0 aromatic heterocycles. The summed E-state index contributed by atoms with van der Waals surface area (Å²) in [5.41, 5.74) is 0.807. The minimum atomic E-state index is -0.509. The molecular weight excluding hydrogens is 181 g/mol. The molecule has 0 unspecified atom stereocenters. The van der Waals surface area contributed by atoms with Gasteiger partial charge in [-0.25, -0.2) is 0 Å². The number of anilines is 1. The van der Waals surface area contributed by atoms with E-state index in [1.54, 1.807) is 12.1 Å². The van der Waals surface area contributed by atoms with Crippen LogP contribution in [0.15, 0.2) is 24.3 Å². The maximum absolute atomic E-state index is 13.5. The Morgan fingerprint density at radius 1 is 1.29 bits per heavy atom. The van der Waals surface area contributed by atoms with Crippen LogP contribution in [0, 0.1) is 0 Å². The Balaban J connectivity index is 2.23. The monoisotopic (exact) mass is 191 g/mol. The predicted octanol–water partition coefficient (Wildman–Crippen LogP) is 2.34. The van der Waals surface area contributed by atoms with Crippen molar-refractivity contribution in [1.29, 1.82) is 0 Å². The number of carbonyl (C=O) groups excluding carboxylic acids is 1. The first-order valence-corrected chi connectivity index (χ1v) is 4.85. The summed E-state index contributed by atoms with van der Waals surface area (Å²) in [6.07, 6.45) is 2.61. The van der Waals surface area contributed by atoms with Crippen molar-refractivity contribution in [3.63, 3.8) is 0 Å². The molecule has 3 rings (SSSR count). The van der Waals surface area contributed by atoms with Crippen LogP contribution in [0.1, 0.15) is 24.8 Å². The SMILES string of the molecule is O=C1N(F)c2ccccc2C12CCC2. The second-order valence-electron chi connectivity index (χ2n) is 4.04. The predicted molar refractivity (Wildman–Crippen MR) is 50.6 cm³/mol. The third kappa shape index (κ3) is 0.694. The zero-order chi connectivity index (χ0) is 9.76. The lowest BCUT2D eigenvalue weighted by molar-refractivity contribution is -0.128. The van der Waals surface area contributed by atoms with Gasteiger partial charge >= 0.3 is 0 Å². The number of para-hydroxylation sites is 1. The van der Waals surface area contributed by atoms with E-state index in [2.05, 4.69) is 0 Å². The Kier molecular flexibility index (Phi) is 1.34. The fourth-order valence-electron chi connectivity index (χ4n) is 2.48. The fourth-order valence-corrected chi connectivity index (χ4v) is 2.48. The van der Waals surface area contributed by atoms with E-state index in [1.165, 1.54) is 0 Å². The molecule has 1 fully saturated rings. The number of rotatable bonds is 0. The summed E-state index contributed by atoms with van der Waals surface area (Å²) in [6, 6.07) is 7.16. The van der Waals surface area contributed by atoms with Crippen LogP contribution >= 0.6 is 0 Å². The molecular formula is C11H10FNO. The van der Waals surface area contributed by atoms with Crippen LogP contribution in [0.3, 0.4) is 0 Å². The zero-order valence-corrected chi connectivity index (χ0v) is 7.66. The van der Waals surface area contributed by atoms with Gasteiger partial charge in [0.2, 0.25) is 0 Å². The molecule has 1 heterocycles. The highest BCUT2D eigenvalue weighted by Crippen LogP contribution is 2.53. The van der Waals surface area contributed by atoms with Crippen LogP contribution in [0.4, 0.5) is 10.2 Å². The summed E-state index contributed by atoms with van der Waals surface area (Å²) in [5.74, 6) is -0.370. The number of halogens is 1. The van der Waals surface area contributed by atoms with Crippen molar-refractivity contribution in [2.45, 2.75) is 24.7 Å². The number of benzene rings is 1.